The highest BCUT2D eigenvalue weighted by atomic mass is 19.4. The summed E-state index contributed by atoms with van der Waals surface area (Å²) < 4.78 is 40.2. The normalized spacial score (nSPS) is 15.0. The van der Waals surface area contributed by atoms with Gasteiger partial charge in [0.2, 0.25) is 0 Å². The van der Waals surface area contributed by atoms with Crippen LogP contribution < -0.4 is 10.1 Å². The Morgan fingerprint density at radius 1 is 1.05 bits per heavy atom. The van der Waals surface area contributed by atoms with Crippen LogP contribution in [0.3, 0.4) is 0 Å². The summed E-state index contributed by atoms with van der Waals surface area (Å²) >= 11 is 0. The van der Waals surface area contributed by atoms with Crippen molar-refractivity contribution < 1.29 is 17.9 Å². The summed E-state index contributed by atoms with van der Waals surface area (Å²) in [7, 11) is 0. The molecule has 1 aromatic rings. The standard InChI is InChI=1S/C16H24F3NO/c1-5-13(6-2)11(3)20-12(4)14-7-9-15(10-8-14)21-16(17,18)19/h7-13,20H,5-6H2,1-4H3. The molecule has 0 saturated carbocycles. The van der Waals surface area contributed by atoms with Crippen molar-refractivity contribution in [1.29, 1.82) is 0 Å². The fourth-order valence-corrected chi connectivity index (χ4v) is 2.58. The van der Waals surface area contributed by atoms with E-state index in [2.05, 4.69) is 30.8 Å². The maximum Gasteiger partial charge on any atom is 0.573 e. The van der Waals surface area contributed by atoms with E-state index in [1.54, 1.807) is 12.1 Å². The van der Waals surface area contributed by atoms with Crippen LogP contribution in [0.25, 0.3) is 0 Å². The molecule has 5 heteroatoms. The molecule has 0 fully saturated rings. The number of alkyl halides is 3. The van der Waals surface area contributed by atoms with E-state index in [9.17, 15) is 13.2 Å². The van der Waals surface area contributed by atoms with Gasteiger partial charge in [-0.1, -0.05) is 38.8 Å². The number of hydrogen-bond acceptors (Lipinski definition) is 2. The van der Waals surface area contributed by atoms with Crippen molar-refractivity contribution in [1.82, 2.24) is 5.32 Å². The molecule has 2 unspecified atom stereocenters. The summed E-state index contributed by atoms with van der Waals surface area (Å²) in [5, 5.41) is 3.50. The molecule has 1 aromatic carbocycles. The number of benzene rings is 1. The second kappa shape index (κ2) is 7.69. The van der Waals surface area contributed by atoms with Crippen molar-refractivity contribution in [2.45, 2.75) is 59.0 Å². The van der Waals surface area contributed by atoms with E-state index in [1.807, 2.05) is 6.92 Å². The Kier molecular flexibility index (Phi) is 6.52. The van der Waals surface area contributed by atoms with Crippen LogP contribution in [-0.4, -0.2) is 12.4 Å². The zero-order valence-corrected chi connectivity index (χ0v) is 13.0. The topological polar surface area (TPSA) is 21.3 Å². The fourth-order valence-electron chi connectivity index (χ4n) is 2.58. The molecule has 0 saturated heterocycles. The van der Waals surface area contributed by atoms with E-state index >= 15 is 0 Å². The number of nitrogens with one attached hydrogen (secondary N) is 1. The second-order valence-electron chi connectivity index (χ2n) is 5.37. The van der Waals surface area contributed by atoms with Gasteiger partial charge in [0.15, 0.2) is 0 Å². The van der Waals surface area contributed by atoms with Gasteiger partial charge in [0.05, 0.1) is 0 Å². The quantitative estimate of drug-likeness (QED) is 0.760. The number of halogens is 3. The summed E-state index contributed by atoms with van der Waals surface area (Å²) in [6.45, 7) is 8.49. The molecule has 120 valence electrons. The van der Waals surface area contributed by atoms with Gasteiger partial charge in [0.25, 0.3) is 0 Å². The van der Waals surface area contributed by atoms with Crippen LogP contribution >= 0.6 is 0 Å². The smallest absolute Gasteiger partial charge is 0.406 e. The summed E-state index contributed by atoms with van der Waals surface area (Å²) in [5.41, 5.74) is 0.947. The van der Waals surface area contributed by atoms with Gasteiger partial charge in [-0.05, 0) is 37.5 Å². The van der Waals surface area contributed by atoms with Gasteiger partial charge in [-0.25, -0.2) is 0 Å². The lowest BCUT2D eigenvalue weighted by molar-refractivity contribution is -0.274. The first-order chi connectivity index (χ1) is 9.76. The first-order valence-corrected chi connectivity index (χ1v) is 7.38. The number of hydrogen-bond donors (Lipinski definition) is 1. The van der Waals surface area contributed by atoms with Crippen molar-refractivity contribution in [3.8, 4) is 5.75 Å². The molecule has 0 aromatic heterocycles. The van der Waals surface area contributed by atoms with Gasteiger partial charge in [-0.3, -0.25) is 0 Å². The zero-order chi connectivity index (χ0) is 16.0. The zero-order valence-electron chi connectivity index (χ0n) is 13.0. The lowest BCUT2D eigenvalue weighted by Gasteiger charge is -2.26. The predicted molar refractivity (Wildman–Crippen MR) is 78.2 cm³/mol. The minimum Gasteiger partial charge on any atom is -0.406 e. The fraction of sp³-hybridized carbons (Fsp3) is 0.625. The van der Waals surface area contributed by atoms with E-state index < -0.39 is 6.36 Å². The summed E-state index contributed by atoms with van der Waals surface area (Å²) in [6, 6.07) is 6.48. The highest BCUT2D eigenvalue weighted by Gasteiger charge is 2.31. The monoisotopic (exact) mass is 303 g/mol. The van der Waals surface area contributed by atoms with Crippen molar-refractivity contribution in [2.75, 3.05) is 0 Å². The van der Waals surface area contributed by atoms with Crippen molar-refractivity contribution in [3.05, 3.63) is 29.8 Å². The van der Waals surface area contributed by atoms with E-state index in [0.717, 1.165) is 18.4 Å². The third-order valence-electron chi connectivity index (χ3n) is 3.88. The molecular formula is C16H24F3NO. The van der Waals surface area contributed by atoms with Gasteiger partial charge < -0.3 is 10.1 Å². The molecule has 0 amide bonds. The molecule has 0 heterocycles. The Labute approximate surface area is 124 Å². The number of ether oxygens (including phenoxy) is 1. The Morgan fingerprint density at radius 2 is 1.57 bits per heavy atom. The molecule has 2 atom stereocenters. The maximum absolute atomic E-state index is 12.1. The molecule has 1 rings (SSSR count). The first-order valence-electron chi connectivity index (χ1n) is 7.38. The van der Waals surface area contributed by atoms with Crippen molar-refractivity contribution in [2.24, 2.45) is 5.92 Å². The largest absolute Gasteiger partial charge is 0.573 e. The average Bonchev–Trinajstić information content (AvgIpc) is 2.39. The lowest BCUT2D eigenvalue weighted by atomic mass is 9.94. The molecule has 2 nitrogen and oxygen atoms in total. The molecular weight excluding hydrogens is 279 g/mol. The Morgan fingerprint density at radius 3 is 2.00 bits per heavy atom. The summed E-state index contributed by atoms with van der Waals surface area (Å²) in [5.74, 6) is 0.409. The van der Waals surface area contributed by atoms with Crippen LogP contribution in [0.1, 0.15) is 52.1 Å². The minimum absolute atomic E-state index is 0.0838. The minimum atomic E-state index is -4.64. The van der Waals surface area contributed by atoms with E-state index in [4.69, 9.17) is 0 Å². The molecule has 21 heavy (non-hydrogen) atoms. The molecule has 0 aliphatic carbocycles. The third kappa shape index (κ3) is 5.96. The van der Waals surface area contributed by atoms with E-state index in [0.29, 0.717) is 12.0 Å². The van der Waals surface area contributed by atoms with Gasteiger partial charge in [-0.15, -0.1) is 13.2 Å². The molecule has 0 radical (unpaired) electrons. The van der Waals surface area contributed by atoms with Crippen LogP contribution in [0.5, 0.6) is 5.75 Å². The van der Waals surface area contributed by atoms with Gasteiger partial charge in [0.1, 0.15) is 5.75 Å². The maximum atomic E-state index is 12.1. The van der Waals surface area contributed by atoms with Crippen LogP contribution in [-0.2, 0) is 0 Å². The predicted octanol–water partition coefficient (Wildman–Crippen LogP) is 5.06. The third-order valence-corrected chi connectivity index (χ3v) is 3.88. The molecule has 0 aliphatic rings. The van der Waals surface area contributed by atoms with E-state index in [1.165, 1.54) is 12.1 Å². The van der Waals surface area contributed by atoms with Crippen LogP contribution in [0.4, 0.5) is 13.2 Å². The van der Waals surface area contributed by atoms with Crippen molar-refractivity contribution >= 4 is 0 Å². The second-order valence-corrected chi connectivity index (χ2v) is 5.37. The van der Waals surface area contributed by atoms with Gasteiger partial charge >= 0.3 is 6.36 Å². The summed E-state index contributed by atoms with van der Waals surface area (Å²) in [6.07, 6.45) is -2.43. The van der Waals surface area contributed by atoms with E-state index in [-0.39, 0.29) is 11.8 Å². The SMILES string of the molecule is CCC(CC)C(C)NC(C)c1ccc(OC(F)(F)F)cc1. The van der Waals surface area contributed by atoms with Gasteiger partial charge in [0, 0.05) is 12.1 Å². The molecule has 0 spiro atoms. The molecule has 0 bridgehead atoms. The van der Waals surface area contributed by atoms with Crippen LogP contribution in [0, 0.1) is 5.92 Å². The number of rotatable bonds is 7. The average molecular weight is 303 g/mol. The molecule has 1 N–H and O–H groups in total. The van der Waals surface area contributed by atoms with Crippen LogP contribution in [0.2, 0.25) is 0 Å². The Hall–Kier alpha value is -1.23. The Balaban J connectivity index is 2.64. The highest BCUT2D eigenvalue weighted by Crippen LogP contribution is 2.25. The van der Waals surface area contributed by atoms with Gasteiger partial charge in [-0.2, -0.15) is 0 Å². The first kappa shape index (κ1) is 17.8. The summed E-state index contributed by atoms with van der Waals surface area (Å²) in [4.78, 5) is 0. The lowest BCUT2D eigenvalue weighted by Crippen LogP contribution is -2.34. The van der Waals surface area contributed by atoms with Crippen LogP contribution in [0.15, 0.2) is 24.3 Å². The molecule has 0 aliphatic heterocycles. The Bertz CT molecular complexity index is 413. The van der Waals surface area contributed by atoms with Crippen molar-refractivity contribution in [3.63, 3.8) is 0 Å². The highest BCUT2D eigenvalue weighted by molar-refractivity contribution is 5.29.